The number of aryl methyl sites for hydroxylation is 1. The lowest BCUT2D eigenvalue weighted by Crippen LogP contribution is -2.13. The predicted octanol–water partition coefficient (Wildman–Crippen LogP) is 2.37. The molecule has 0 aliphatic heterocycles. The van der Waals surface area contributed by atoms with E-state index in [9.17, 15) is 4.79 Å². The molecule has 1 heterocycles. The molecule has 1 aromatic carbocycles. The number of amides is 1. The van der Waals surface area contributed by atoms with Gasteiger partial charge in [-0.2, -0.15) is 0 Å². The third kappa shape index (κ3) is 2.88. The molecule has 0 saturated heterocycles. The summed E-state index contributed by atoms with van der Waals surface area (Å²) in [5, 5.41) is 6.72. The van der Waals surface area contributed by atoms with Gasteiger partial charge in [0.1, 0.15) is 16.4 Å². The molecular weight excluding hydrogens is 278 g/mol. The highest BCUT2D eigenvalue weighted by Gasteiger charge is 2.17. The maximum absolute atomic E-state index is 12.2. The first-order valence-electron chi connectivity index (χ1n) is 6.04. The molecule has 106 valence electrons. The fourth-order valence-corrected chi connectivity index (χ4v) is 2.34. The molecule has 0 radical (unpaired) electrons. The van der Waals surface area contributed by atoms with Crippen LogP contribution >= 0.6 is 11.5 Å². The Morgan fingerprint density at radius 3 is 2.80 bits per heavy atom. The van der Waals surface area contributed by atoms with Crippen molar-refractivity contribution in [3.05, 3.63) is 28.8 Å². The smallest absolute Gasteiger partial charge is 0.269 e. The minimum Gasteiger partial charge on any atom is -0.497 e. The van der Waals surface area contributed by atoms with Crippen molar-refractivity contribution in [1.29, 1.82) is 0 Å². The second-order valence-corrected chi connectivity index (χ2v) is 4.68. The number of benzene rings is 1. The van der Waals surface area contributed by atoms with Crippen molar-refractivity contribution in [1.82, 2.24) is 9.59 Å². The summed E-state index contributed by atoms with van der Waals surface area (Å²) in [7, 11) is 3.11. The third-order valence-electron chi connectivity index (χ3n) is 2.75. The van der Waals surface area contributed by atoms with E-state index in [4.69, 9.17) is 9.47 Å². The molecule has 0 fully saturated rings. The average molecular weight is 293 g/mol. The summed E-state index contributed by atoms with van der Waals surface area (Å²) in [6.45, 7) is 1.93. The normalized spacial score (nSPS) is 10.2. The van der Waals surface area contributed by atoms with Gasteiger partial charge in [0.05, 0.1) is 25.6 Å². The van der Waals surface area contributed by atoms with Gasteiger partial charge in [-0.05, 0) is 30.1 Å². The van der Waals surface area contributed by atoms with Crippen LogP contribution in [0.2, 0.25) is 0 Å². The zero-order valence-electron chi connectivity index (χ0n) is 11.5. The van der Waals surface area contributed by atoms with Crippen LogP contribution in [-0.2, 0) is 6.42 Å². The minimum absolute atomic E-state index is 0.236. The SMILES string of the molecule is CCc1nnsc1C(=O)Nc1ccc(OC)cc1OC. The van der Waals surface area contributed by atoms with Gasteiger partial charge in [-0.25, -0.2) is 0 Å². The van der Waals surface area contributed by atoms with Crippen molar-refractivity contribution in [3.8, 4) is 11.5 Å². The van der Waals surface area contributed by atoms with Crippen LogP contribution < -0.4 is 14.8 Å². The van der Waals surface area contributed by atoms with E-state index in [1.54, 1.807) is 25.3 Å². The number of aromatic nitrogens is 2. The third-order valence-corrected chi connectivity index (χ3v) is 3.52. The number of hydrogen-bond acceptors (Lipinski definition) is 6. The van der Waals surface area contributed by atoms with Crippen LogP contribution in [0.1, 0.15) is 22.3 Å². The van der Waals surface area contributed by atoms with Crippen molar-refractivity contribution >= 4 is 23.1 Å². The zero-order valence-corrected chi connectivity index (χ0v) is 12.3. The zero-order chi connectivity index (χ0) is 14.5. The highest BCUT2D eigenvalue weighted by atomic mass is 32.1. The standard InChI is InChI=1S/C13H15N3O3S/c1-4-9-12(20-16-15-9)13(17)14-10-6-5-8(18-2)7-11(10)19-3/h5-7H,4H2,1-3H3,(H,14,17). The van der Waals surface area contributed by atoms with Gasteiger partial charge in [0.15, 0.2) is 0 Å². The second-order valence-electron chi connectivity index (χ2n) is 3.92. The van der Waals surface area contributed by atoms with Gasteiger partial charge in [-0.1, -0.05) is 11.4 Å². The summed E-state index contributed by atoms with van der Waals surface area (Å²) in [4.78, 5) is 12.7. The van der Waals surface area contributed by atoms with Crippen molar-refractivity contribution in [3.63, 3.8) is 0 Å². The molecule has 0 saturated carbocycles. The highest BCUT2D eigenvalue weighted by molar-refractivity contribution is 7.08. The van der Waals surface area contributed by atoms with E-state index in [1.165, 1.54) is 7.11 Å². The monoisotopic (exact) mass is 293 g/mol. The molecule has 6 nitrogen and oxygen atoms in total. The molecule has 0 unspecified atom stereocenters. The van der Waals surface area contributed by atoms with E-state index in [2.05, 4.69) is 14.9 Å². The molecule has 2 aromatic rings. The maximum Gasteiger partial charge on any atom is 0.269 e. The van der Waals surface area contributed by atoms with Crippen LogP contribution in [0.3, 0.4) is 0 Å². The van der Waals surface area contributed by atoms with Crippen molar-refractivity contribution in [2.24, 2.45) is 0 Å². The van der Waals surface area contributed by atoms with Crippen LogP contribution in [0.25, 0.3) is 0 Å². The lowest BCUT2D eigenvalue weighted by Gasteiger charge is -2.11. The molecule has 20 heavy (non-hydrogen) atoms. The number of ether oxygens (including phenoxy) is 2. The fourth-order valence-electron chi connectivity index (χ4n) is 1.69. The molecule has 0 aliphatic carbocycles. The van der Waals surface area contributed by atoms with E-state index >= 15 is 0 Å². The van der Waals surface area contributed by atoms with E-state index in [-0.39, 0.29) is 5.91 Å². The maximum atomic E-state index is 12.2. The number of nitrogens with zero attached hydrogens (tertiary/aromatic N) is 2. The van der Waals surface area contributed by atoms with Gasteiger partial charge in [-0.15, -0.1) is 5.10 Å². The van der Waals surface area contributed by atoms with E-state index in [0.717, 1.165) is 11.5 Å². The average Bonchev–Trinajstić information content (AvgIpc) is 2.96. The Balaban J connectivity index is 2.23. The van der Waals surface area contributed by atoms with Gasteiger partial charge in [0.25, 0.3) is 5.91 Å². The summed E-state index contributed by atoms with van der Waals surface area (Å²) < 4.78 is 14.2. The topological polar surface area (TPSA) is 73.3 Å². The van der Waals surface area contributed by atoms with Gasteiger partial charge < -0.3 is 14.8 Å². The lowest BCUT2D eigenvalue weighted by molar-refractivity contribution is 0.102. The van der Waals surface area contributed by atoms with E-state index in [1.807, 2.05) is 6.92 Å². The fraction of sp³-hybridized carbons (Fsp3) is 0.308. The number of nitrogens with one attached hydrogen (secondary N) is 1. The second kappa shape index (κ2) is 6.33. The molecule has 2 rings (SSSR count). The molecule has 7 heteroatoms. The first kappa shape index (κ1) is 14.3. The number of carbonyl (C=O) groups is 1. The molecule has 1 N–H and O–H groups in total. The Bertz CT molecular complexity index is 613. The number of methoxy groups -OCH3 is 2. The summed E-state index contributed by atoms with van der Waals surface area (Å²) in [6.07, 6.45) is 0.666. The highest BCUT2D eigenvalue weighted by Crippen LogP contribution is 2.29. The first-order chi connectivity index (χ1) is 9.69. The Hall–Kier alpha value is -2.15. The Morgan fingerprint density at radius 2 is 2.15 bits per heavy atom. The van der Waals surface area contributed by atoms with Crippen LogP contribution in [0.5, 0.6) is 11.5 Å². The van der Waals surface area contributed by atoms with Crippen LogP contribution in [0, 0.1) is 0 Å². The van der Waals surface area contributed by atoms with Crippen LogP contribution in [-0.4, -0.2) is 29.7 Å². The minimum atomic E-state index is -0.236. The first-order valence-corrected chi connectivity index (χ1v) is 6.81. The summed E-state index contributed by atoms with van der Waals surface area (Å²) in [5.41, 5.74) is 1.27. The van der Waals surface area contributed by atoms with Gasteiger partial charge in [-0.3, -0.25) is 4.79 Å². The summed E-state index contributed by atoms with van der Waals surface area (Å²) in [6, 6.07) is 5.20. The lowest BCUT2D eigenvalue weighted by atomic mass is 10.2. The molecule has 0 bridgehead atoms. The van der Waals surface area contributed by atoms with Gasteiger partial charge in [0.2, 0.25) is 0 Å². The van der Waals surface area contributed by atoms with Crippen LogP contribution in [0.15, 0.2) is 18.2 Å². The largest absolute Gasteiger partial charge is 0.497 e. The Labute approximate surface area is 120 Å². The van der Waals surface area contributed by atoms with Gasteiger partial charge in [0, 0.05) is 6.07 Å². The Kier molecular flexibility index (Phi) is 4.52. The van der Waals surface area contributed by atoms with Gasteiger partial charge >= 0.3 is 0 Å². The Morgan fingerprint density at radius 1 is 1.35 bits per heavy atom. The summed E-state index contributed by atoms with van der Waals surface area (Å²) in [5.74, 6) is 0.960. The molecule has 1 aromatic heterocycles. The molecule has 0 aliphatic rings. The summed E-state index contributed by atoms with van der Waals surface area (Å²) >= 11 is 1.08. The number of rotatable bonds is 5. The van der Waals surface area contributed by atoms with Crippen molar-refractivity contribution in [2.45, 2.75) is 13.3 Å². The van der Waals surface area contributed by atoms with E-state index < -0.39 is 0 Å². The number of carbonyl (C=O) groups excluding carboxylic acids is 1. The quantitative estimate of drug-likeness (QED) is 0.916. The molecule has 1 amide bonds. The molecule has 0 atom stereocenters. The molecule has 0 spiro atoms. The predicted molar refractivity (Wildman–Crippen MR) is 76.8 cm³/mol. The van der Waals surface area contributed by atoms with Crippen molar-refractivity contribution < 1.29 is 14.3 Å². The number of anilines is 1. The van der Waals surface area contributed by atoms with Crippen molar-refractivity contribution in [2.75, 3.05) is 19.5 Å². The number of hydrogen-bond donors (Lipinski definition) is 1. The molecular formula is C13H15N3O3S. The van der Waals surface area contributed by atoms with E-state index in [0.29, 0.717) is 34.2 Å². The van der Waals surface area contributed by atoms with Crippen LogP contribution in [0.4, 0.5) is 5.69 Å².